The fourth-order valence-corrected chi connectivity index (χ4v) is 2.91. The number of hydrogen-bond acceptors (Lipinski definition) is 2. The van der Waals surface area contributed by atoms with Crippen LogP contribution in [0, 0.1) is 23.2 Å². The zero-order chi connectivity index (χ0) is 14.1. The summed E-state index contributed by atoms with van der Waals surface area (Å²) >= 11 is 0. The first-order chi connectivity index (χ1) is 9.70. The second-order valence-corrected chi connectivity index (χ2v) is 5.45. The van der Waals surface area contributed by atoms with E-state index < -0.39 is 5.97 Å². The molecule has 0 radical (unpaired) electrons. The fourth-order valence-electron chi connectivity index (χ4n) is 2.91. The molecule has 1 aliphatic rings. The highest BCUT2D eigenvalue weighted by atomic mass is 16.4. The summed E-state index contributed by atoms with van der Waals surface area (Å²) in [6, 6.07) is 10.1. The topological polar surface area (TPSA) is 66.0 Å². The number of rotatable bonds is 5. The minimum absolute atomic E-state index is 0.119. The zero-order valence-corrected chi connectivity index (χ0v) is 11.1. The van der Waals surface area contributed by atoms with Crippen LogP contribution in [-0.2, 0) is 11.3 Å². The molecule has 0 amide bonds. The highest BCUT2D eigenvalue weighted by Crippen LogP contribution is 2.42. The number of carbonyl (C=O) groups is 1. The smallest absolute Gasteiger partial charge is 0.306 e. The van der Waals surface area contributed by atoms with Gasteiger partial charge in [0.15, 0.2) is 0 Å². The average molecular weight is 268 g/mol. The molecular weight excluding hydrogens is 252 g/mol. The molecule has 1 N–H and O–H groups in total. The van der Waals surface area contributed by atoms with Crippen LogP contribution < -0.4 is 0 Å². The fraction of sp³-hybridized carbons (Fsp3) is 0.375. The third-order valence-electron chi connectivity index (χ3n) is 4.12. The first-order valence-electron chi connectivity index (χ1n) is 6.91. The Kier molecular flexibility index (Phi) is 3.19. The number of nitrogens with zero attached hydrogens (tertiary/aromatic N) is 2. The van der Waals surface area contributed by atoms with Gasteiger partial charge >= 0.3 is 5.97 Å². The van der Waals surface area contributed by atoms with Gasteiger partial charge in [-0.25, -0.2) is 0 Å². The second kappa shape index (κ2) is 5.01. The monoisotopic (exact) mass is 268 g/mol. The van der Waals surface area contributed by atoms with Crippen LogP contribution >= 0.6 is 0 Å². The Hall–Kier alpha value is -2.28. The zero-order valence-electron chi connectivity index (χ0n) is 11.1. The molecule has 102 valence electrons. The Labute approximate surface area is 117 Å². The van der Waals surface area contributed by atoms with Crippen molar-refractivity contribution in [3.8, 4) is 6.07 Å². The van der Waals surface area contributed by atoms with Crippen molar-refractivity contribution in [2.24, 2.45) is 11.8 Å². The first kappa shape index (κ1) is 12.7. The van der Waals surface area contributed by atoms with E-state index in [0.717, 1.165) is 36.7 Å². The molecule has 1 saturated carbocycles. The Morgan fingerprint density at radius 3 is 2.95 bits per heavy atom. The molecule has 0 unspecified atom stereocenters. The Bertz CT molecular complexity index is 696. The van der Waals surface area contributed by atoms with Crippen LogP contribution in [0.4, 0.5) is 0 Å². The molecule has 0 aliphatic heterocycles. The van der Waals surface area contributed by atoms with Gasteiger partial charge in [0.25, 0.3) is 0 Å². The molecule has 0 saturated heterocycles. The van der Waals surface area contributed by atoms with Crippen molar-refractivity contribution in [2.45, 2.75) is 25.8 Å². The highest BCUT2D eigenvalue weighted by molar-refractivity contribution is 5.86. The number of aromatic nitrogens is 1. The van der Waals surface area contributed by atoms with Gasteiger partial charge < -0.3 is 9.67 Å². The SMILES string of the molecule is N#Cc1cn(CCC[C@@H]2C[C@H]2C(=O)O)c2ccccc12. The number of aliphatic carboxylic acids is 1. The van der Waals surface area contributed by atoms with Gasteiger partial charge in [-0.2, -0.15) is 5.26 Å². The summed E-state index contributed by atoms with van der Waals surface area (Å²) in [6.07, 6.45) is 4.63. The minimum Gasteiger partial charge on any atom is -0.481 e. The predicted molar refractivity (Wildman–Crippen MR) is 75.1 cm³/mol. The van der Waals surface area contributed by atoms with Crippen molar-refractivity contribution in [2.75, 3.05) is 0 Å². The van der Waals surface area contributed by atoms with E-state index in [-0.39, 0.29) is 5.92 Å². The number of fused-ring (bicyclic) bond motifs is 1. The summed E-state index contributed by atoms with van der Waals surface area (Å²) in [5.74, 6) is -0.427. The van der Waals surface area contributed by atoms with E-state index in [0.29, 0.717) is 11.5 Å². The van der Waals surface area contributed by atoms with Crippen LogP contribution in [0.3, 0.4) is 0 Å². The van der Waals surface area contributed by atoms with Crippen LogP contribution in [0.1, 0.15) is 24.8 Å². The van der Waals surface area contributed by atoms with Gasteiger partial charge in [-0.1, -0.05) is 18.2 Å². The number of carboxylic acids is 1. The van der Waals surface area contributed by atoms with Crippen LogP contribution in [0.25, 0.3) is 10.9 Å². The quantitative estimate of drug-likeness (QED) is 0.906. The van der Waals surface area contributed by atoms with Crippen molar-refractivity contribution < 1.29 is 9.90 Å². The largest absolute Gasteiger partial charge is 0.481 e. The van der Waals surface area contributed by atoms with Gasteiger partial charge in [0.1, 0.15) is 6.07 Å². The number of hydrogen-bond donors (Lipinski definition) is 1. The standard InChI is InChI=1S/C16H16N2O2/c17-9-12-10-18(15-6-2-1-5-13(12)15)7-3-4-11-8-14(11)16(19)20/h1-2,5-6,10-11,14H,3-4,7-8H2,(H,19,20)/t11-,14-/m1/s1. The molecule has 2 atom stereocenters. The summed E-state index contributed by atoms with van der Waals surface area (Å²) < 4.78 is 2.10. The van der Waals surface area contributed by atoms with Gasteiger partial charge in [0, 0.05) is 23.6 Å². The lowest BCUT2D eigenvalue weighted by Crippen LogP contribution is -2.01. The third-order valence-corrected chi connectivity index (χ3v) is 4.12. The molecule has 1 heterocycles. The van der Waals surface area contributed by atoms with E-state index in [2.05, 4.69) is 10.6 Å². The summed E-state index contributed by atoms with van der Waals surface area (Å²) in [4.78, 5) is 10.8. The van der Waals surface area contributed by atoms with Crippen molar-refractivity contribution >= 4 is 16.9 Å². The third kappa shape index (κ3) is 2.27. The predicted octanol–water partition coefficient (Wildman–Crippen LogP) is 3.01. The maximum atomic E-state index is 10.8. The molecule has 3 rings (SSSR count). The molecule has 1 aromatic heterocycles. The van der Waals surface area contributed by atoms with E-state index in [4.69, 9.17) is 10.4 Å². The van der Waals surface area contributed by atoms with Gasteiger partial charge in [-0.15, -0.1) is 0 Å². The van der Waals surface area contributed by atoms with Gasteiger partial charge in [0.2, 0.25) is 0 Å². The second-order valence-electron chi connectivity index (χ2n) is 5.45. The molecule has 1 aliphatic carbocycles. The summed E-state index contributed by atoms with van der Waals surface area (Å²) in [5, 5.41) is 19.0. The lowest BCUT2D eigenvalue weighted by Gasteiger charge is -2.04. The number of benzene rings is 1. The first-order valence-corrected chi connectivity index (χ1v) is 6.91. The van der Waals surface area contributed by atoms with E-state index >= 15 is 0 Å². The van der Waals surface area contributed by atoms with E-state index in [9.17, 15) is 4.79 Å². The Morgan fingerprint density at radius 1 is 1.45 bits per heavy atom. The van der Waals surface area contributed by atoms with Crippen molar-refractivity contribution in [1.82, 2.24) is 4.57 Å². The summed E-state index contributed by atoms with van der Waals surface area (Å²) in [6.45, 7) is 0.838. The minimum atomic E-state index is -0.659. The lowest BCUT2D eigenvalue weighted by molar-refractivity contribution is -0.138. The molecule has 2 aromatic rings. The molecule has 4 heteroatoms. The number of nitriles is 1. The molecule has 1 fully saturated rings. The normalized spacial score (nSPS) is 20.8. The number of carboxylic acid groups (broad SMARTS) is 1. The van der Waals surface area contributed by atoms with Crippen LogP contribution in [-0.4, -0.2) is 15.6 Å². The lowest BCUT2D eigenvalue weighted by atomic mass is 10.2. The number of aryl methyl sites for hydroxylation is 1. The summed E-state index contributed by atoms with van der Waals surface area (Å²) in [7, 11) is 0. The molecule has 1 aromatic carbocycles. The van der Waals surface area contributed by atoms with Gasteiger partial charge in [-0.3, -0.25) is 4.79 Å². The Morgan fingerprint density at radius 2 is 2.25 bits per heavy atom. The maximum Gasteiger partial charge on any atom is 0.306 e. The molecule has 0 bridgehead atoms. The van der Waals surface area contributed by atoms with Crippen molar-refractivity contribution in [3.05, 3.63) is 36.0 Å². The van der Waals surface area contributed by atoms with Crippen molar-refractivity contribution in [3.63, 3.8) is 0 Å². The maximum absolute atomic E-state index is 10.8. The molecule has 4 nitrogen and oxygen atoms in total. The molecule has 0 spiro atoms. The van der Waals surface area contributed by atoms with Crippen LogP contribution in [0.5, 0.6) is 0 Å². The van der Waals surface area contributed by atoms with Crippen molar-refractivity contribution in [1.29, 1.82) is 5.26 Å². The van der Waals surface area contributed by atoms with Crippen LogP contribution in [0.2, 0.25) is 0 Å². The highest BCUT2D eigenvalue weighted by Gasteiger charge is 2.42. The van der Waals surface area contributed by atoms with E-state index in [1.54, 1.807) is 0 Å². The average Bonchev–Trinajstić information content (AvgIpc) is 3.14. The number of para-hydroxylation sites is 1. The van der Waals surface area contributed by atoms with Crippen LogP contribution in [0.15, 0.2) is 30.5 Å². The van der Waals surface area contributed by atoms with E-state index in [1.807, 2.05) is 30.5 Å². The Balaban J connectivity index is 1.67. The van der Waals surface area contributed by atoms with E-state index in [1.165, 1.54) is 0 Å². The van der Waals surface area contributed by atoms with Gasteiger partial charge in [-0.05, 0) is 31.2 Å². The van der Waals surface area contributed by atoms with Gasteiger partial charge in [0.05, 0.1) is 11.5 Å². The summed E-state index contributed by atoms with van der Waals surface area (Å²) in [5.41, 5.74) is 1.78. The molecular formula is C16H16N2O2. The molecule has 20 heavy (non-hydrogen) atoms.